The maximum atomic E-state index is 10.8. The molecule has 0 spiro atoms. The fraction of sp³-hybridized carbons (Fsp3) is 0.417. The van der Waals surface area contributed by atoms with E-state index in [9.17, 15) is 4.79 Å². The fourth-order valence-corrected chi connectivity index (χ4v) is 1.10. The molecule has 15 heavy (non-hydrogen) atoms. The monoisotopic (exact) mass is 209 g/mol. The highest BCUT2D eigenvalue weighted by Gasteiger charge is 2.00. The van der Waals surface area contributed by atoms with E-state index in [1.54, 1.807) is 0 Å². The minimum atomic E-state index is -0.192. The van der Waals surface area contributed by atoms with Gasteiger partial charge in [0.15, 0.2) is 0 Å². The zero-order chi connectivity index (χ0) is 11.7. The van der Waals surface area contributed by atoms with Crippen molar-refractivity contribution < 1.29 is 9.53 Å². The maximum Gasteiger partial charge on any atom is 0.305 e. The molecule has 0 heterocycles. The van der Waals surface area contributed by atoms with Crippen LogP contribution in [-0.2, 0) is 16.0 Å². The molecule has 2 N–H and O–H groups in total. The van der Waals surface area contributed by atoms with Gasteiger partial charge in [-0.1, -0.05) is 26.0 Å². The highest BCUT2D eigenvalue weighted by Crippen LogP contribution is 2.08. The summed E-state index contributed by atoms with van der Waals surface area (Å²) in [6, 6.07) is 7.51. The van der Waals surface area contributed by atoms with Crippen LogP contribution < -0.4 is 5.73 Å². The molecular formula is C12H19NO2. The lowest BCUT2D eigenvalue weighted by Gasteiger charge is -2.01. The minimum Gasteiger partial charge on any atom is -0.469 e. The van der Waals surface area contributed by atoms with E-state index in [2.05, 4.69) is 4.74 Å². The van der Waals surface area contributed by atoms with Gasteiger partial charge in [-0.15, -0.1) is 0 Å². The summed E-state index contributed by atoms with van der Waals surface area (Å²) in [7, 11) is 1.39. The van der Waals surface area contributed by atoms with Crippen molar-refractivity contribution in [2.45, 2.75) is 26.7 Å². The number of carbonyl (C=O) groups is 1. The molecule has 1 rings (SSSR count). The number of carbonyl (C=O) groups excluding carboxylic acids is 1. The summed E-state index contributed by atoms with van der Waals surface area (Å²) in [6.07, 6.45) is 1.08. The number of nitrogens with two attached hydrogens (primary N) is 1. The number of benzene rings is 1. The average Bonchev–Trinajstić information content (AvgIpc) is 2.29. The Balaban J connectivity index is 0.000000921. The van der Waals surface area contributed by atoms with Crippen LogP contribution in [0.3, 0.4) is 0 Å². The minimum absolute atomic E-state index is 0.192. The number of anilines is 1. The molecule has 1 aromatic carbocycles. The molecule has 0 fully saturated rings. The van der Waals surface area contributed by atoms with Crippen molar-refractivity contribution in [2.75, 3.05) is 12.8 Å². The zero-order valence-electron chi connectivity index (χ0n) is 9.62. The van der Waals surface area contributed by atoms with E-state index in [1.165, 1.54) is 7.11 Å². The van der Waals surface area contributed by atoms with Crippen LogP contribution in [0.2, 0.25) is 0 Å². The molecule has 0 bridgehead atoms. The van der Waals surface area contributed by atoms with E-state index in [4.69, 9.17) is 5.73 Å². The molecule has 0 saturated carbocycles. The number of hydrogen-bond donors (Lipinski definition) is 1. The molecule has 84 valence electrons. The first-order valence-electron chi connectivity index (χ1n) is 5.13. The molecule has 0 saturated heterocycles. The molecule has 0 atom stereocenters. The van der Waals surface area contributed by atoms with Crippen LogP contribution in [-0.4, -0.2) is 13.1 Å². The Morgan fingerprint density at radius 1 is 1.40 bits per heavy atom. The number of ether oxygens (including phenoxy) is 1. The van der Waals surface area contributed by atoms with Crippen LogP contribution in [0.5, 0.6) is 0 Å². The molecule has 1 aromatic rings. The summed E-state index contributed by atoms with van der Waals surface area (Å²) in [4.78, 5) is 10.8. The number of methoxy groups -OCH3 is 1. The van der Waals surface area contributed by atoms with Gasteiger partial charge in [0.1, 0.15) is 0 Å². The van der Waals surface area contributed by atoms with Crippen LogP contribution >= 0.6 is 0 Å². The van der Waals surface area contributed by atoms with Crippen LogP contribution in [0.1, 0.15) is 25.8 Å². The molecule has 0 amide bonds. The maximum absolute atomic E-state index is 10.8. The van der Waals surface area contributed by atoms with Gasteiger partial charge in [0.25, 0.3) is 0 Å². The second-order valence-electron chi connectivity index (χ2n) is 2.82. The molecule has 0 aliphatic carbocycles. The second kappa shape index (κ2) is 7.85. The van der Waals surface area contributed by atoms with Crippen LogP contribution in [0.15, 0.2) is 24.3 Å². The summed E-state index contributed by atoms with van der Waals surface area (Å²) in [5.41, 5.74) is 7.37. The van der Waals surface area contributed by atoms with E-state index in [-0.39, 0.29) is 5.97 Å². The first kappa shape index (κ1) is 13.5. The van der Waals surface area contributed by atoms with E-state index >= 15 is 0 Å². The van der Waals surface area contributed by atoms with Crippen molar-refractivity contribution in [3.8, 4) is 0 Å². The Kier molecular flexibility index (Phi) is 7.06. The van der Waals surface area contributed by atoms with Gasteiger partial charge in [-0.25, -0.2) is 0 Å². The number of nitrogen functional groups attached to an aromatic ring is 1. The van der Waals surface area contributed by atoms with Crippen molar-refractivity contribution in [1.29, 1.82) is 0 Å². The predicted molar refractivity (Wildman–Crippen MR) is 62.5 cm³/mol. The third-order valence-electron chi connectivity index (χ3n) is 1.80. The molecule has 0 unspecified atom stereocenters. The van der Waals surface area contributed by atoms with Crippen LogP contribution in [0, 0.1) is 0 Å². The third-order valence-corrected chi connectivity index (χ3v) is 1.80. The van der Waals surface area contributed by atoms with Crippen LogP contribution in [0.4, 0.5) is 5.69 Å². The van der Waals surface area contributed by atoms with Gasteiger partial charge in [0.05, 0.1) is 7.11 Å². The largest absolute Gasteiger partial charge is 0.469 e. The van der Waals surface area contributed by atoms with Gasteiger partial charge in [-0.3, -0.25) is 4.79 Å². The Bertz CT molecular complexity index is 297. The van der Waals surface area contributed by atoms with Crippen molar-refractivity contribution in [2.24, 2.45) is 0 Å². The first-order valence-corrected chi connectivity index (χ1v) is 5.13. The van der Waals surface area contributed by atoms with Gasteiger partial charge in [-0.2, -0.15) is 0 Å². The van der Waals surface area contributed by atoms with Crippen LogP contribution in [0.25, 0.3) is 0 Å². The second-order valence-corrected chi connectivity index (χ2v) is 2.82. The van der Waals surface area contributed by atoms with Gasteiger partial charge < -0.3 is 10.5 Å². The number of esters is 1. The summed E-state index contributed by atoms with van der Waals surface area (Å²) in [5, 5.41) is 0. The summed E-state index contributed by atoms with van der Waals surface area (Å²) in [5.74, 6) is -0.192. The molecule has 3 nitrogen and oxygen atoms in total. The molecule has 0 aliphatic rings. The Morgan fingerprint density at radius 2 is 2.07 bits per heavy atom. The van der Waals surface area contributed by atoms with E-state index < -0.39 is 0 Å². The van der Waals surface area contributed by atoms with E-state index in [0.717, 1.165) is 11.3 Å². The topological polar surface area (TPSA) is 52.3 Å². The van der Waals surface area contributed by atoms with Crippen molar-refractivity contribution in [3.63, 3.8) is 0 Å². The SMILES string of the molecule is CC.COC(=O)CCc1cccc(N)c1. The predicted octanol–water partition coefficient (Wildman–Crippen LogP) is 2.40. The first-order chi connectivity index (χ1) is 7.22. The Labute approximate surface area is 91.2 Å². The number of aryl methyl sites for hydroxylation is 1. The number of hydrogen-bond acceptors (Lipinski definition) is 3. The van der Waals surface area contributed by atoms with Crippen molar-refractivity contribution in [3.05, 3.63) is 29.8 Å². The normalized spacial score (nSPS) is 8.73. The van der Waals surface area contributed by atoms with Gasteiger partial charge >= 0.3 is 5.97 Å². The van der Waals surface area contributed by atoms with Crippen molar-refractivity contribution in [1.82, 2.24) is 0 Å². The zero-order valence-corrected chi connectivity index (χ0v) is 9.62. The standard InChI is InChI=1S/C10H13NO2.C2H6/c1-13-10(12)6-5-8-3-2-4-9(11)7-8;1-2/h2-4,7H,5-6,11H2,1H3;1-2H3. The fourth-order valence-electron chi connectivity index (χ4n) is 1.10. The summed E-state index contributed by atoms with van der Waals surface area (Å²) >= 11 is 0. The highest BCUT2D eigenvalue weighted by atomic mass is 16.5. The molecule has 0 aliphatic heterocycles. The lowest BCUT2D eigenvalue weighted by molar-refractivity contribution is -0.140. The highest BCUT2D eigenvalue weighted by molar-refractivity contribution is 5.69. The lowest BCUT2D eigenvalue weighted by Crippen LogP contribution is -2.02. The summed E-state index contributed by atoms with van der Waals surface area (Å²) < 4.78 is 4.53. The Hall–Kier alpha value is -1.51. The van der Waals surface area contributed by atoms with Gasteiger partial charge in [0.2, 0.25) is 0 Å². The average molecular weight is 209 g/mol. The quantitative estimate of drug-likeness (QED) is 0.614. The van der Waals surface area contributed by atoms with Crippen molar-refractivity contribution >= 4 is 11.7 Å². The molecule has 0 radical (unpaired) electrons. The van der Waals surface area contributed by atoms with Gasteiger partial charge in [0, 0.05) is 12.1 Å². The molecular weight excluding hydrogens is 190 g/mol. The smallest absolute Gasteiger partial charge is 0.305 e. The lowest BCUT2D eigenvalue weighted by atomic mass is 10.1. The summed E-state index contributed by atoms with van der Waals surface area (Å²) in [6.45, 7) is 4.00. The van der Waals surface area contributed by atoms with E-state index in [1.807, 2.05) is 38.1 Å². The number of rotatable bonds is 3. The van der Waals surface area contributed by atoms with Gasteiger partial charge in [-0.05, 0) is 24.1 Å². The molecule has 0 aromatic heterocycles. The molecule has 3 heteroatoms. The third kappa shape index (κ3) is 5.73. The Morgan fingerprint density at radius 3 is 2.60 bits per heavy atom. The van der Waals surface area contributed by atoms with E-state index in [0.29, 0.717) is 12.8 Å².